The molecule has 240 valence electrons. The first-order chi connectivity index (χ1) is 22.5. The number of halogens is 1. The zero-order valence-corrected chi connectivity index (χ0v) is 26.9. The number of nitrogens with zero attached hydrogens (tertiary/aromatic N) is 3. The van der Waals surface area contributed by atoms with Crippen LogP contribution in [0.4, 0.5) is 11.4 Å². The van der Waals surface area contributed by atoms with Gasteiger partial charge in [0.15, 0.2) is 0 Å². The molecule has 0 saturated heterocycles. The van der Waals surface area contributed by atoms with Crippen LogP contribution in [0.5, 0.6) is 11.5 Å². The standard InChI is InChI=1S/C34H29ClN4O7S/c1-23-7-15-30(19-31(23)39(41)42)47(43,44)38(32-18-28(35)12-16-33(32)45-2)21-34(40)37-36-20-24-9-13-29(14-10-24)46-22-25-8-11-26-5-3-4-6-27(26)17-25/h3-20H,21-22H2,1-2H3,(H,37,40)/b36-20-. The van der Waals surface area contributed by atoms with E-state index < -0.39 is 32.3 Å². The van der Waals surface area contributed by atoms with Crippen LogP contribution in [-0.4, -0.2) is 39.1 Å². The molecule has 0 saturated carbocycles. The van der Waals surface area contributed by atoms with Crippen LogP contribution < -0.4 is 19.2 Å². The molecule has 0 fully saturated rings. The van der Waals surface area contributed by atoms with Crippen LogP contribution in [0.1, 0.15) is 16.7 Å². The lowest BCUT2D eigenvalue weighted by atomic mass is 10.1. The molecular formula is C34H29ClN4O7S. The molecule has 0 aliphatic carbocycles. The van der Waals surface area contributed by atoms with Crippen molar-refractivity contribution >= 4 is 55.9 Å². The molecule has 0 spiro atoms. The molecule has 47 heavy (non-hydrogen) atoms. The second-order valence-electron chi connectivity index (χ2n) is 10.4. The van der Waals surface area contributed by atoms with Crippen molar-refractivity contribution in [3.05, 3.63) is 135 Å². The van der Waals surface area contributed by atoms with E-state index in [1.165, 1.54) is 50.6 Å². The van der Waals surface area contributed by atoms with Gasteiger partial charge in [-0.15, -0.1) is 0 Å². The molecule has 5 aromatic rings. The van der Waals surface area contributed by atoms with E-state index in [0.29, 0.717) is 17.9 Å². The van der Waals surface area contributed by atoms with Crippen molar-refractivity contribution in [3.8, 4) is 11.5 Å². The number of nitro benzene ring substituents is 1. The summed E-state index contributed by atoms with van der Waals surface area (Å²) < 4.78 is 39.7. The third-order valence-electron chi connectivity index (χ3n) is 7.16. The number of hydrazone groups is 1. The molecule has 11 nitrogen and oxygen atoms in total. The Balaban J connectivity index is 1.28. The molecule has 0 aromatic heterocycles. The SMILES string of the molecule is COc1ccc(Cl)cc1N(CC(=O)N/N=C\c1ccc(OCc2ccc3ccccc3c2)cc1)S(=O)(=O)c1ccc(C)c([N+](=O)[O-])c1. The van der Waals surface area contributed by atoms with Crippen LogP contribution >= 0.6 is 11.6 Å². The molecule has 0 bridgehead atoms. The van der Waals surface area contributed by atoms with Gasteiger partial charge in [-0.05, 0) is 83.4 Å². The van der Waals surface area contributed by atoms with Crippen molar-refractivity contribution in [2.45, 2.75) is 18.4 Å². The maximum atomic E-state index is 13.8. The summed E-state index contributed by atoms with van der Waals surface area (Å²) >= 11 is 6.17. The topological polar surface area (TPSA) is 140 Å². The van der Waals surface area contributed by atoms with E-state index >= 15 is 0 Å². The first-order valence-corrected chi connectivity index (χ1v) is 16.0. The Labute approximate surface area is 276 Å². The number of methoxy groups -OCH3 is 1. The maximum absolute atomic E-state index is 13.8. The van der Waals surface area contributed by atoms with Gasteiger partial charge in [-0.25, -0.2) is 13.8 Å². The van der Waals surface area contributed by atoms with Gasteiger partial charge in [0.25, 0.3) is 21.6 Å². The van der Waals surface area contributed by atoms with Crippen LogP contribution in [0.25, 0.3) is 10.8 Å². The van der Waals surface area contributed by atoms with Gasteiger partial charge in [0, 0.05) is 16.7 Å². The summed E-state index contributed by atoms with van der Waals surface area (Å²) in [5.74, 6) is -0.0328. The van der Waals surface area contributed by atoms with E-state index in [9.17, 15) is 23.3 Å². The Bertz CT molecular complexity index is 2090. The van der Waals surface area contributed by atoms with E-state index in [1.54, 1.807) is 24.3 Å². The largest absolute Gasteiger partial charge is 0.495 e. The summed E-state index contributed by atoms with van der Waals surface area (Å²) in [7, 11) is -3.19. The second-order valence-corrected chi connectivity index (χ2v) is 12.7. The number of hydrogen-bond donors (Lipinski definition) is 1. The first-order valence-electron chi connectivity index (χ1n) is 14.2. The highest BCUT2D eigenvalue weighted by Crippen LogP contribution is 2.35. The fourth-order valence-electron chi connectivity index (χ4n) is 4.72. The van der Waals surface area contributed by atoms with E-state index in [0.717, 1.165) is 26.7 Å². The lowest BCUT2D eigenvalue weighted by Gasteiger charge is -2.25. The van der Waals surface area contributed by atoms with Gasteiger partial charge in [-0.3, -0.25) is 19.2 Å². The summed E-state index contributed by atoms with van der Waals surface area (Å²) in [4.78, 5) is 23.5. The predicted molar refractivity (Wildman–Crippen MR) is 181 cm³/mol. The van der Waals surface area contributed by atoms with Gasteiger partial charge >= 0.3 is 0 Å². The van der Waals surface area contributed by atoms with Crippen molar-refractivity contribution in [2.75, 3.05) is 18.0 Å². The number of benzene rings is 5. The zero-order valence-electron chi connectivity index (χ0n) is 25.3. The Hall–Kier alpha value is -5.46. The summed E-state index contributed by atoms with van der Waals surface area (Å²) in [6.07, 6.45) is 1.40. The number of fused-ring (bicyclic) bond motifs is 1. The summed E-state index contributed by atoms with van der Waals surface area (Å²) in [6, 6.07) is 29.0. The van der Waals surface area contributed by atoms with Gasteiger partial charge in [-0.2, -0.15) is 5.10 Å². The number of ether oxygens (including phenoxy) is 2. The smallest absolute Gasteiger partial charge is 0.273 e. The number of sulfonamides is 1. The number of nitro groups is 1. The minimum absolute atomic E-state index is 0.0402. The maximum Gasteiger partial charge on any atom is 0.273 e. The van der Waals surface area contributed by atoms with Crippen LogP contribution in [0.2, 0.25) is 5.02 Å². The molecule has 0 heterocycles. The molecule has 0 aliphatic rings. The van der Waals surface area contributed by atoms with Gasteiger partial charge in [0.2, 0.25) is 0 Å². The fourth-order valence-corrected chi connectivity index (χ4v) is 6.33. The molecule has 0 atom stereocenters. The third-order valence-corrected chi connectivity index (χ3v) is 9.16. The number of carbonyl (C=O) groups is 1. The number of anilines is 1. The van der Waals surface area contributed by atoms with Crippen molar-refractivity contribution in [1.82, 2.24) is 5.43 Å². The minimum atomic E-state index is -4.53. The first kappa shape index (κ1) is 32.9. The average Bonchev–Trinajstić information content (AvgIpc) is 3.06. The number of aryl methyl sites for hydroxylation is 1. The van der Waals surface area contributed by atoms with Gasteiger partial charge < -0.3 is 9.47 Å². The third kappa shape index (κ3) is 7.86. The van der Waals surface area contributed by atoms with Crippen LogP contribution in [0.15, 0.2) is 113 Å². The lowest BCUT2D eigenvalue weighted by molar-refractivity contribution is -0.385. The molecule has 5 rings (SSSR count). The molecule has 0 aliphatic heterocycles. The predicted octanol–water partition coefficient (Wildman–Crippen LogP) is 6.64. The monoisotopic (exact) mass is 672 g/mol. The highest BCUT2D eigenvalue weighted by molar-refractivity contribution is 7.92. The van der Waals surface area contributed by atoms with Crippen LogP contribution in [0, 0.1) is 17.0 Å². The van der Waals surface area contributed by atoms with Crippen molar-refractivity contribution in [3.63, 3.8) is 0 Å². The van der Waals surface area contributed by atoms with Gasteiger partial charge in [0.05, 0.1) is 28.8 Å². The van der Waals surface area contributed by atoms with Crippen molar-refractivity contribution in [2.24, 2.45) is 5.10 Å². The Morgan fingerprint density at radius 3 is 2.45 bits per heavy atom. The average molecular weight is 673 g/mol. The molecule has 13 heteroatoms. The quantitative estimate of drug-likeness (QED) is 0.0890. The van der Waals surface area contributed by atoms with Crippen molar-refractivity contribution in [1.29, 1.82) is 0 Å². The number of carbonyl (C=O) groups excluding carboxylic acids is 1. The highest BCUT2D eigenvalue weighted by Gasteiger charge is 2.31. The number of rotatable bonds is 12. The molecule has 5 aromatic carbocycles. The molecule has 0 unspecified atom stereocenters. The molecule has 0 radical (unpaired) electrons. The molecule has 1 amide bonds. The Morgan fingerprint density at radius 2 is 1.72 bits per heavy atom. The number of nitrogens with one attached hydrogen (secondary N) is 1. The minimum Gasteiger partial charge on any atom is -0.495 e. The molecular weight excluding hydrogens is 644 g/mol. The van der Waals surface area contributed by atoms with E-state index in [2.05, 4.69) is 28.7 Å². The highest BCUT2D eigenvalue weighted by atomic mass is 35.5. The lowest BCUT2D eigenvalue weighted by Crippen LogP contribution is -2.39. The van der Waals surface area contributed by atoms with Crippen molar-refractivity contribution < 1.29 is 27.6 Å². The van der Waals surface area contributed by atoms with Crippen LogP contribution in [-0.2, 0) is 21.4 Å². The summed E-state index contributed by atoms with van der Waals surface area (Å²) in [5.41, 5.74) is 3.86. The summed E-state index contributed by atoms with van der Waals surface area (Å²) in [6.45, 7) is 1.14. The van der Waals surface area contributed by atoms with Gasteiger partial charge in [-0.1, -0.05) is 54.1 Å². The number of hydrogen-bond acceptors (Lipinski definition) is 8. The Morgan fingerprint density at radius 1 is 0.979 bits per heavy atom. The normalized spacial score (nSPS) is 11.4. The van der Waals surface area contributed by atoms with Crippen LogP contribution in [0.3, 0.4) is 0 Å². The van der Waals surface area contributed by atoms with E-state index in [1.807, 2.05) is 24.3 Å². The molecule has 1 N–H and O–H groups in total. The van der Waals surface area contributed by atoms with Gasteiger partial charge in [0.1, 0.15) is 24.7 Å². The Kier molecular flexibility index (Phi) is 10.0. The fraction of sp³-hybridized carbons (Fsp3) is 0.118. The number of amides is 1. The zero-order chi connectivity index (χ0) is 33.6. The summed E-state index contributed by atoms with van der Waals surface area (Å²) in [5, 5.41) is 18.0. The van der Waals surface area contributed by atoms with E-state index in [-0.39, 0.29) is 27.7 Å². The van der Waals surface area contributed by atoms with E-state index in [4.69, 9.17) is 21.1 Å². The second kappa shape index (κ2) is 14.3.